The minimum atomic E-state index is -1.17. The first-order valence-electron chi connectivity index (χ1n) is 3.48. The molecule has 0 radical (unpaired) electrons. The van der Waals surface area contributed by atoms with Crippen molar-refractivity contribution in [2.75, 3.05) is 0 Å². The molecule has 0 amide bonds. The molecule has 0 aliphatic carbocycles. The first kappa shape index (κ1) is 8.73. The third kappa shape index (κ3) is 1.62. The molecule has 0 aromatic carbocycles. The molecule has 1 N–H and O–H groups in total. The molecular formula is C7H9NO4. The standard InChI is InChI=1S/C7H9NO4/c1-5(8(10)11)7(9)6-3-2-4-12-6/h2-5,7,9H,1H3/t5-,7+/m1/s1. The van der Waals surface area contributed by atoms with Crippen molar-refractivity contribution in [1.82, 2.24) is 0 Å². The van der Waals surface area contributed by atoms with Crippen LogP contribution >= 0.6 is 0 Å². The Hall–Kier alpha value is -1.36. The van der Waals surface area contributed by atoms with Gasteiger partial charge in [0.05, 0.1) is 6.26 Å². The molecule has 1 aromatic rings. The lowest BCUT2D eigenvalue weighted by Crippen LogP contribution is -2.23. The maximum absolute atomic E-state index is 10.2. The third-order valence-corrected chi connectivity index (χ3v) is 1.62. The molecule has 66 valence electrons. The second-order valence-electron chi connectivity index (χ2n) is 2.49. The van der Waals surface area contributed by atoms with Crippen LogP contribution in [0.2, 0.25) is 0 Å². The smallest absolute Gasteiger partial charge is 0.243 e. The predicted molar refractivity (Wildman–Crippen MR) is 40.1 cm³/mol. The quantitative estimate of drug-likeness (QED) is 0.543. The van der Waals surface area contributed by atoms with Crippen LogP contribution in [0, 0.1) is 10.1 Å². The summed E-state index contributed by atoms with van der Waals surface area (Å²) in [6.07, 6.45) is 0.195. The minimum absolute atomic E-state index is 0.221. The fourth-order valence-corrected chi connectivity index (χ4v) is 0.813. The molecule has 12 heavy (non-hydrogen) atoms. The molecule has 0 saturated heterocycles. The molecule has 5 nitrogen and oxygen atoms in total. The molecule has 0 saturated carbocycles. The van der Waals surface area contributed by atoms with Crippen molar-refractivity contribution in [3.05, 3.63) is 34.3 Å². The number of nitro groups is 1. The summed E-state index contributed by atoms with van der Waals surface area (Å²) in [5.41, 5.74) is 0. The Morgan fingerprint density at radius 3 is 2.83 bits per heavy atom. The lowest BCUT2D eigenvalue weighted by Gasteiger charge is -2.08. The molecule has 0 unspecified atom stereocenters. The van der Waals surface area contributed by atoms with E-state index in [1.165, 1.54) is 19.3 Å². The lowest BCUT2D eigenvalue weighted by molar-refractivity contribution is -0.531. The zero-order valence-corrected chi connectivity index (χ0v) is 6.51. The van der Waals surface area contributed by atoms with Gasteiger partial charge in [-0.2, -0.15) is 0 Å². The summed E-state index contributed by atoms with van der Waals surface area (Å²) in [5.74, 6) is 0.221. The van der Waals surface area contributed by atoms with E-state index in [0.29, 0.717) is 0 Å². The van der Waals surface area contributed by atoms with Crippen molar-refractivity contribution in [2.24, 2.45) is 0 Å². The van der Waals surface area contributed by atoms with E-state index in [1.807, 2.05) is 0 Å². The highest BCUT2D eigenvalue weighted by atomic mass is 16.6. The molecule has 0 aliphatic heterocycles. The van der Waals surface area contributed by atoms with Crippen LogP contribution in [-0.2, 0) is 0 Å². The van der Waals surface area contributed by atoms with Gasteiger partial charge < -0.3 is 9.52 Å². The first-order chi connectivity index (χ1) is 5.63. The van der Waals surface area contributed by atoms with Gasteiger partial charge in [-0.25, -0.2) is 0 Å². The Balaban J connectivity index is 2.71. The third-order valence-electron chi connectivity index (χ3n) is 1.62. The molecule has 0 spiro atoms. The summed E-state index contributed by atoms with van der Waals surface area (Å²) in [6.45, 7) is 1.33. The number of hydrogen-bond acceptors (Lipinski definition) is 4. The minimum Gasteiger partial charge on any atom is -0.466 e. The Morgan fingerprint density at radius 1 is 1.75 bits per heavy atom. The Bertz CT molecular complexity index is 256. The summed E-state index contributed by atoms with van der Waals surface area (Å²) in [5, 5.41) is 19.6. The average Bonchev–Trinajstić information content (AvgIpc) is 2.53. The van der Waals surface area contributed by atoms with E-state index in [1.54, 1.807) is 6.07 Å². The van der Waals surface area contributed by atoms with E-state index in [4.69, 9.17) is 4.42 Å². The van der Waals surface area contributed by atoms with Crippen LogP contribution in [0.15, 0.2) is 22.8 Å². The van der Waals surface area contributed by atoms with E-state index in [0.717, 1.165) is 0 Å². The van der Waals surface area contributed by atoms with Gasteiger partial charge in [-0.3, -0.25) is 10.1 Å². The van der Waals surface area contributed by atoms with Crippen LogP contribution in [0.1, 0.15) is 18.8 Å². The second-order valence-corrected chi connectivity index (χ2v) is 2.49. The van der Waals surface area contributed by atoms with Crippen LogP contribution in [0.25, 0.3) is 0 Å². The summed E-state index contributed by atoms with van der Waals surface area (Å²) >= 11 is 0. The molecule has 1 heterocycles. The fraction of sp³-hybridized carbons (Fsp3) is 0.429. The van der Waals surface area contributed by atoms with Crippen LogP contribution in [0.5, 0.6) is 0 Å². The number of hydrogen-bond donors (Lipinski definition) is 1. The molecule has 0 aliphatic rings. The Kier molecular flexibility index (Phi) is 2.44. The second kappa shape index (κ2) is 3.36. The van der Waals surface area contributed by atoms with Gasteiger partial charge in [0.15, 0.2) is 6.10 Å². The molecule has 0 bridgehead atoms. The van der Waals surface area contributed by atoms with E-state index in [9.17, 15) is 15.2 Å². The van der Waals surface area contributed by atoms with E-state index >= 15 is 0 Å². The Morgan fingerprint density at radius 2 is 2.42 bits per heavy atom. The molecule has 1 rings (SSSR count). The average molecular weight is 171 g/mol. The van der Waals surface area contributed by atoms with Crippen molar-refractivity contribution < 1.29 is 14.4 Å². The normalized spacial score (nSPS) is 15.5. The SMILES string of the molecule is C[C@H]([C@H](O)c1ccco1)[N+](=O)[O-]. The highest BCUT2D eigenvalue weighted by Gasteiger charge is 2.27. The van der Waals surface area contributed by atoms with Gasteiger partial charge in [-0.1, -0.05) is 0 Å². The van der Waals surface area contributed by atoms with Gasteiger partial charge in [-0.15, -0.1) is 0 Å². The van der Waals surface area contributed by atoms with E-state index in [2.05, 4.69) is 0 Å². The molecule has 0 fully saturated rings. The van der Waals surface area contributed by atoms with E-state index < -0.39 is 17.1 Å². The van der Waals surface area contributed by atoms with Crippen molar-refractivity contribution in [3.8, 4) is 0 Å². The van der Waals surface area contributed by atoms with Gasteiger partial charge in [0.2, 0.25) is 6.04 Å². The van der Waals surface area contributed by atoms with Gasteiger partial charge in [0.25, 0.3) is 0 Å². The summed E-state index contributed by atoms with van der Waals surface area (Å²) in [6, 6.07) is 2.03. The van der Waals surface area contributed by atoms with Crippen LogP contribution < -0.4 is 0 Å². The zero-order valence-electron chi connectivity index (χ0n) is 6.51. The Labute approximate surface area is 68.8 Å². The predicted octanol–water partition coefficient (Wildman–Crippen LogP) is 0.978. The maximum atomic E-state index is 10.2. The molecule has 2 atom stereocenters. The monoisotopic (exact) mass is 171 g/mol. The highest BCUT2D eigenvalue weighted by Crippen LogP contribution is 2.18. The number of aliphatic hydroxyl groups excluding tert-OH is 1. The zero-order chi connectivity index (χ0) is 9.14. The van der Waals surface area contributed by atoms with Crippen molar-refractivity contribution in [2.45, 2.75) is 19.1 Å². The van der Waals surface area contributed by atoms with Crippen molar-refractivity contribution in [1.29, 1.82) is 0 Å². The number of rotatable bonds is 3. The first-order valence-corrected chi connectivity index (χ1v) is 3.48. The fourth-order valence-electron chi connectivity index (χ4n) is 0.813. The van der Waals surface area contributed by atoms with Gasteiger partial charge in [0, 0.05) is 11.8 Å². The summed E-state index contributed by atoms with van der Waals surface area (Å²) < 4.78 is 4.81. The van der Waals surface area contributed by atoms with Crippen LogP contribution in [-0.4, -0.2) is 16.1 Å². The molecular weight excluding hydrogens is 162 g/mol. The largest absolute Gasteiger partial charge is 0.466 e. The van der Waals surface area contributed by atoms with Crippen LogP contribution in [0.3, 0.4) is 0 Å². The number of furan rings is 1. The number of nitrogens with zero attached hydrogens (tertiary/aromatic N) is 1. The van der Waals surface area contributed by atoms with Gasteiger partial charge >= 0.3 is 0 Å². The van der Waals surface area contributed by atoms with Gasteiger partial charge in [-0.05, 0) is 12.1 Å². The number of aliphatic hydroxyl groups is 1. The van der Waals surface area contributed by atoms with E-state index in [-0.39, 0.29) is 5.76 Å². The topological polar surface area (TPSA) is 76.5 Å². The molecule has 5 heteroatoms. The lowest BCUT2D eigenvalue weighted by atomic mass is 10.1. The van der Waals surface area contributed by atoms with Crippen LogP contribution in [0.4, 0.5) is 0 Å². The maximum Gasteiger partial charge on any atom is 0.243 e. The summed E-state index contributed by atoms with van der Waals surface area (Å²) in [4.78, 5) is 9.69. The summed E-state index contributed by atoms with van der Waals surface area (Å²) in [7, 11) is 0. The molecule has 1 aromatic heterocycles. The van der Waals surface area contributed by atoms with Crippen molar-refractivity contribution >= 4 is 0 Å². The van der Waals surface area contributed by atoms with Gasteiger partial charge in [0.1, 0.15) is 5.76 Å². The highest BCUT2D eigenvalue weighted by molar-refractivity contribution is 5.02. The van der Waals surface area contributed by atoms with Crippen molar-refractivity contribution in [3.63, 3.8) is 0 Å².